The van der Waals surface area contributed by atoms with Crippen LogP contribution in [0.3, 0.4) is 0 Å². The van der Waals surface area contributed by atoms with Gasteiger partial charge in [0.15, 0.2) is 0 Å². The topological polar surface area (TPSA) is 12.0 Å². The maximum atomic E-state index is 3.68. The predicted octanol–water partition coefficient (Wildman–Crippen LogP) is 4.03. The molecule has 1 heterocycles. The van der Waals surface area contributed by atoms with Gasteiger partial charge in [0.25, 0.3) is 0 Å². The van der Waals surface area contributed by atoms with Crippen molar-refractivity contribution >= 4 is 27.7 Å². The zero-order valence-corrected chi connectivity index (χ0v) is 12.2. The molecular weight excluding hydrogens is 282 g/mol. The summed E-state index contributed by atoms with van der Waals surface area (Å²) < 4.78 is 1.25. The van der Waals surface area contributed by atoms with Crippen molar-refractivity contribution in [2.45, 2.75) is 36.3 Å². The number of hydrogen-bond acceptors (Lipinski definition) is 2. The molecule has 1 N–H and O–H groups in total. The maximum Gasteiger partial charge on any atom is 0.0314 e. The molecule has 1 saturated heterocycles. The van der Waals surface area contributed by atoms with E-state index in [2.05, 4.69) is 53.3 Å². The molecule has 1 aliphatic heterocycles. The van der Waals surface area contributed by atoms with Crippen molar-refractivity contribution in [3.05, 3.63) is 28.2 Å². The van der Waals surface area contributed by atoms with E-state index in [1.807, 2.05) is 11.8 Å². The lowest BCUT2D eigenvalue weighted by Crippen LogP contribution is -2.07. The highest BCUT2D eigenvalue weighted by atomic mass is 79.9. The molecule has 0 amide bonds. The first-order chi connectivity index (χ1) is 7.66. The van der Waals surface area contributed by atoms with Gasteiger partial charge in [-0.3, -0.25) is 0 Å². The summed E-state index contributed by atoms with van der Waals surface area (Å²) in [6.07, 6.45) is 1.27. The van der Waals surface area contributed by atoms with Crippen molar-refractivity contribution in [3.63, 3.8) is 0 Å². The molecule has 88 valence electrons. The normalized spacial score (nSPS) is 20.6. The van der Waals surface area contributed by atoms with Crippen molar-refractivity contribution in [2.24, 2.45) is 0 Å². The Labute approximate surface area is 111 Å². The van der Waals surface area contributed by atoms with Gasteiger partial charge in [-0.15, -0.1) is 11.8 Å². The van der Waals surface area contributed by atoms with Crippen LogP contribution in [-0.2, 0) is 0 Å². The van der Waals surface area contributed by atoms with Crippen LogP contribution in [0, 0.1) is 0 Å². The molecule has 0 saturated carbocycles. The summed E-state index contributed by atoms with van der Waals surface area (Å²) in [5.74, 6) is 0.703. The lowest BCUT2D eigenvalue weighted by molar-refractivity contribution is 0.761. The average Bonchev–Trinajstić information content (AvgIpc) is 2.73. The molecule has 16 heavy (non-hydrogen) atoms. The third-order valence-electron chi connectivity index (χ3n) is 2.85. The van der Waals surface area contributed by atoms with Gasteiger partial charge in [-0.25, -0.2) is 0 Å². The first-order valence-corrected chi connectivity index (χ1v) is 7.51. The lowest BCUT2D eigenvalue weighted by Gasteiger charge is -2.12. The van der Waals surface area contributed by atoms with E-state index in [4.69, 9.17) is 0 Å². The summed E-state index contributed by atoms with van der Waals surface area (Å²) in [6, 6.07) is 6.83. The van der Waals surface area contributed by atoms with Crippen LogP contribution in [0.2, 0.25) is 0 Å². The molecular formula is C13H18BrNS. The molecule has 1 unspecified atom stereocenters. The van der Waals surface area contributed by atoms with E-state index in [1.54, 1.807) is 0 Å². The average molecular weight is 300 g/mol. The van der Waals surface area contributed by atoms with Crippen molar-refractivity contribution in [1.29, 1.82) is 0 Å². The Balaban J connectivity index is 2.15. The van der Waals surface area contributed by atoms with Crippen molar-refractivity contribution in [2.75, 3.05) is 13.1 Å². The van der Waals surface area contributed by atoms with Crippen LogP contribution in [0.15, 0.2) is 27.6 Å². The minimum Gasteiger partial charge on any atom is -0.316 e. The fourth-order valence-corrected chi connectivity index (χ4v) is 3.56. The number of nitrogens with one attached hydrogen (secondary N) is 1. The third-order valence-corrected chi connectivity index (χ3v) is 4.85. The summed E-state index contributed by atoms with van der Waals surface area (Å²) in [5, 5.41) is 4.05. The molecule has 1 aliphatic rings. The number of thioether (sulfide) groups is 1. The van der Waals surface area contributed by atoms with Gasteiger partial charge in [0.05, 0.1) is 0 Å². The first kappa shape index (κ1) is 12.5. The monoisotopic (exact) mass is 299 g/mol. The number of rotatable bonds is 3. The predicted molar refractivity (Wildman–Crippen MR) is 75.4 cm³/mol. The molecule has 1 aromatic rings. The molecule has 0 aliphatic carbocycles. The third kappa shape index (κ3) is 3.02. The first-order valence-electron chi connectivity index (χ1n) is 5.83. The van der Waals surface area contributed by atoms with E-state index in [1.165, 1.54) is 21.4 Å². The van der Waals surface area contributed by atoms with Crippen molar-refractivity contribution in [3.8, 4) is 0 Å². The minimum atomic E-state index is 0.635. The quantitative estimate of drug-likeness (QED) is 0.846. The number of benzene rings is 1. The summed E-state index contributed by atoms with van der Waals surface area (Å²) in [7, 11) is 0. The van der Waals surface area contributed by atoms with E-state index in [-0.39, 0.29) is 0 Å². The zero-order chi connectivity index (χ0) is 11.5. The fourth-order valence-electron chi connectivity index (χ4n) is 2.06. The van der Waals surface area contributed by atoms with Crippen molar-refractivity contribution < 1.29 is 0 Å². The highest BCUT2D eigenvalue weighted by Gasteiger charge is 2.17. The maximum absolute atomic E-state index is 3.68. The van der Waals surface area contributed by atoms with Gasteiger partial charge >= 0.3 is 0 Å². The number of hydrogen-bond donors (Lipinski definition) is 1. The number of halogens is 1. The van der Waals surface area contributed by atoms with E-state index in [9.17, 15) is 0 Å². The Morgan fingerprint density at radius 3 is 2.81 bits per heavy atom. The van der Waals surface area contributed by atoms with Crippen molar-refractivity contribution in [1.82, 2.24) is 5.32 Å². The zero-order valence-electron chi connectivity index (χ0n) is 9.79. The van der Waals surface area contributed by atoms with E-state index < -0.39 is 0 Å². The molecule has 1 fully saturated rings. The van der Waals surface area contributed by atoms with Crippen LogP contribution in [0.1, 0.15) is 31.7 Å². The standard InChI is InChI=1S/C13H18BrNS/c1-9(2)16-13-4-3-10(7-12(13)14)11-5-6-15-8-11/h3-4,7,9,11,15H,5-6,8H2,1-2H3. The summed E-state index contributed by atoms with van der Waals surface area (Å²) in [6.45, 7) is 6.74. The highest BCUT2D eigenvalue weighted by Crippen LogP contribution is 2.33. The molecule has 1 aromatic carbocycles. The Bertz CT molecular complexity index is 359. The molecule has 1 atom stereocenters. The van der Waals surface area contributed by atoms with E-state index in [0.717, 1.165) is 13.1 Å². The highest BCUT2D eigenvalue weighted by molar-refractivity contribution is 9.10. The summed E-state index contributed by atoms with van der Waals surface area (Å²) >= 11 is 5.60. The molecule has 2 rings (SSSR count). The van der Waals surface area contributed by atoms with Crippen LogP contribution < -0.4 is 5.32 Å². The summed E-state index contributed by atoms with van der Waals surface area (Å²) in [4.78, 5) is 1.35. The van der Waals surface area contributed by atoms with Gasteiger partial charge in [-0.1, -0.05) is 19.9 Å². The van der Waals surface area contributed by atoms with E-state index in [0.29, 0.717) is 11.2 Å². The molecule has 1 nitrogen and oxygen atoms in total. The van der Waals surface area contributed by atoms with Gasteiger partial charge < -0.3 is 5.32 Å². The van der Waals surface area contributed by atoms with Gasteiger partial charge in [0.1, 0.15) is 0 Å². The van der Waals surface area contributed by atoms with Crippen LogP contribution in [0.25, 0.3) is 0 Å². The molecule has 0 radical (unpaired) electrons. The second-order valence-corrected chi connectivity index (χ2v) is 7.02. The van der Waals surface area contributed by atoms with Crippen LogP contribution in [0.5, 0.6) is 0 Å². The van der Waals surface area contributed by atoms with Gasteiger partial charge in [0.2, 0.25) is 0 Å². The second kappa shape index (κ2) is 5.56. The molecule has 0 spiro atoms. The molecule has 0 bridgehead atoms. The largest absolute Gasteiger partial charge is 0.316 e. The van der Waals surface area contributed by atoms with Gasteiger partial charge in [-0.2, -0.15) is 0 Å². The Morgan fingerprint density at radius 1 is 1.44 bits per heavy atom. The van der Waals surface area contributed by atoms with E-state index >= 15 is 0 Å². The Kier molecular flexibility index (Phi) is 4.34. The second-order valence-electron chi connectivity index (χ2n) is 4.55. The summed E-state index contributed by atoms with van der Waals surface area (Å²) in [5.41, 5.74) is 1.46. The van der Waals surface area contributed by atoms with Crippen LogP contribution in [0.4, 0.5) is 0 Å². The lowest BCUT2D eigenvalue weighted by atomic mass is 9.99. The Hall–Kier alpha value is 0.01000. The molecule has 0 aromatic heterocycles. The van der Waals surface area contributed by atoms with Crippen LogP contribution >= 0.6 is 27.7 Å². The SMILES string of the molecule is CC(C)Sc1ccc(C2CCNC2)cc1Br. The molecule has 3 heteroatoms. The van der Waals surface area contributed by atoms with Gasteiger partial charge in [-0.05, 0) is 52.5 Å². The van der Waals surface area contributed by atoms with Crippen LogP contribution in [-0.4, -0.2) is 18.3 Å². The smallest absolute Gasteiger partial charge is 0.0314 e. The Morgan fingerprint density at radius 2 is 2.25 bits per heavy atom. The fraction of sp³-hybridized carbons (Fsp3) is 0.538. The van der Waals surface area contributed by atoms with Gasteiger partial charge in [0, 0.05) is 21.2 Å². The minimum absolute atomic E-state index is 0.635.